The van der Waals surface area contributed by atoms with Crippen LogP contribution in [0.3, 0.4) is 0 Å². The molecule has 6 heteroatoms. The summed E-state index contributed by atoms with van der Waals surface area (Å²) >= 11 is 0. The van der Waals surface area contributed by atoms with E-state index < -0.39 is 6.17 Å². The van der Waals surface area contributed by atoms with Crippen molar-refractivity contribution in [2.24, 2.45) is 0 Å². The van der Waals surface area contributed by atoms with Crippen molar-refractivity contribution in [1.29, 1.82) is 0 Å². The van der Waals surface area contributed by atoms with Gasteiger partial charge in [-0.1, -0.05) is 18.2 Å². The number of halogens is 1. The highest BCUT2D eigenvalue weighted by atomic mass is 19.1. The van der Waals surface area contributed by atoms with Gasteiger partial charge in [-0.2, -0.15) is 0 Å². The van der Waals surface area contributed by atoms with Crippen LogP contribution in [0.4, 0.5) is 10.1 Å². The Kier molecular flexibility index (Phi) is 4.77. The van der Waals surface area contributed by atoms with Crippen molar-refractivity contribution in [2.45, 2.75) is 32.0 Å². The highest BCUT2D eigenvalue weighted by Crippen LogP contribution is 2.31. The van der Waals surface area contributed by atoms with Crippen LogP contribution in [0.5, 0.6) is 0 Å². The predicted octanol–water partition coefficient (Wildman–Crippen LogP) is 3.66. The Morgan fingerprint density at radius 1 is 1.13 bits per heavy atom. The van der Waals surface area contributed by atoms with Crippen LogP contribution in [0, 0.1) is 0 Å². The van der Waals surface area contributed by atoms with E-state index >= 15 is 0 Å². The van der Waals surface area contributed by atoms with Crippen molar-refractivity contribution in [3.63, 3.8) is 0 Å². The molecule has 0 radical (unpaired) electrons. The zero-order valence-corrected chi connectivity index (χ0v) is 16.7. The molecular weight excluding hydrogens is 381 g/mol. The topological polar surface area (TPSA) is 56.4 Å². The first-order valence-electron chi connectivity index (χ1n) is 10.5. The maximum atomic E-state index is 13.7. The summed E-state index contributed by atoms with van der Waals surface area (Å²) in [6.07, 6.45) is 2.73. The van der Waals surface area contributed by atoms with E-state index in [0.717, 1.165) is 34.1 Å². The summed E-state index contributed by atoms with van der Waals surface area (Å²) in [5.41, 5.74) is 3.62. The molecule has 1 fully saturated rings. The number of alkyl halides is 1. The fourth-order valence-electron chi connectivity index (χ4n) is 4.68. The van der Waals surface area contributed by atoms with E-state index in [1.54, 1.807) is 11.1 Å². The van der Waals surface area contributed by atoms with Gasteiger partial charge in [0.25, 0.3) is 11.5 Å². The third-order valence-corrected chi connectivity index (χ3v) is 6.25. The second-order valence-electron chi connectivity index (χ2n) is 8.19. The van der Waals surface area contributed by atoms with Crippen LogP contribution in [-0.2, 0) is 13.0 Å². The number of piperidine rings is 1. The maximum Gasteiger partial charge on any atom is 0.253 e. The first-order valence-corrected chi connectivity index (χ1v) is 10.5. The molecule has 0 saturated carbocycles. The minimum Gasteiger partial charge on any atom is -0.366 e. The summed E-state index contributed by atoms with van der Waals surface area (Å²) in [6.45, 7) is 2.25. The van der Waals surface area contributed by atoms with Gasteiger partial charge in [0.1, 0.15) is 6.17 Å². The maximum absolute atomic E-state index is 13.7. The molecule has 0 bridgehead atoms. The van der Waals surface area contributed by atoms with Gasteiger partial charge in [0, 0.05) is 48.0 Å². The first kappa shape index (κ1) is 18.9. The monoisotopic (exact) mass is 405 g/mol. The summed E-state index contributed by atoms with van der Waals surface area (Å²) in [5, 5.41) is 2.06. The molecule has 0 aliphatic carbocycles. The molecule has 3 heterocycles. The van der Waals surface area contributed by atoms with Gasteiger partial charge in [-0.05, 0) is 54.5 Å². The van der Waals surface area contributed by atoms with E-state index in [9.17, 15) is 14.0 Å². The van der Waals surface area contributed by atoms with E-state index in [4.69, 9.17) is 0 Å². The van der Waals surface area contributed by atoms with Crippen LogP contribution >= 0.6 is 0 Å². The standard InChI is InChI=1S/C24H24FN3O2/c25-19-4-2-11-28(15-19)24(30)17-6-7-20-16(13-17)3-1-5-22(20)27-12-9-21-18(14-27)8-10-26-23(21)29/h1,3,5-8,10,13,19H,2,4,9,11-12,14-15H2,(H,26,29). The fourth-order valence-corrected chi connectivity index (χ4v) is 4.68. The highest BCUT2D eigenvalue weighted by molar-refractivity contribution is 6.02. The highest BCUT2D eigenvalue weighted by Gasteiger charge is 2.25. The number of aromatic amines is 1. The average molecular weight is 405 g/mol. The Hall–Kier alpha value is -3.15. The van der Waals surface area contributed by atoms with Crippen LogP contribution in [0.15, 0.2) is 53.5 Å². The normalized spacial score (nSPS) is 19.0. The number of fused-ring (bicyclic) bond motifs is 2. The average Bonchev–Trinajstić information content (AvgIpc) is 2.78. The number of hydrogen-bond donors (Lipinski definition) is 1. The molecule has 1 N–H and O–H groups in total. The fraction of sp³-hybridized carbons (Fsp3) is 0.333. The van der Waals surface area contributed by atoms with Gasteiger partial charge in [-0.25, -0.2) is 4.39 Å². The molecular formula is C24H24FN3O2. The Morgan fingerprint density at radius 2 is 2.03 bits per heavy atom. The lowest BCUT2D eigenvalue weighted by Gasteiger charge is -2.31. The second-order valence-corrected chi connectivity index (χ2v) is 8.19. The van der Waals surface area contributed by atoms with Crippen molar-refractivity contribution in [1.82, 2.24) is 9.88 Å². The summed E-state index contributed by atoms with van der Waals surface area (Å²) in [6, 6.07) is 13.8. The van der Waals surface area contributed by atoms with Crippen molar-refractivity contribution in [2.75, 3.05) is 24.5 Å². The Labute approximate surface area is 174 Å². The van der Waals surface area contributed by atoms with E-state index in [1.165, 1.54) is 0 Å². The number of nitrogens with zero attached hydrogens (tertiary/aromatic N) is 2. The molecule has 154 valence electrons. The van der Waals surface area contributed by atoms with Crippen LogP contribution in [0.25, 0.3) is 10.8 Å². The van der Waals surface area contributed by atoms with Gasteiger partial charge < -0.3 is 14.8 Å². The number of pyridine rings is 1. The molecule has 1 amide bonds. The Balaban J connectivity index is 1.45. The number of H-pyrrole nitrogens is 1. The summed E-state index contributed by atoms with van der Waals surface area (Å²) in [7, 11) is 0. The van der Waals surface area contributed by atoms with Crippen molar-refractivity contribution in [3.05, 3.63) is 75.7 Å². The molecule has 1 aromatic heterocycles. The van der Waals surface area contributed by atoms with Crippen LogP contribution < -0.4 is 10.5 Å². The third-order valence-electron chi connectivity index (χ3n) is 6.25. The number of rotatable bonds is 2. The molecule has 3 aromatic rings. The number of aromatic nitrogens is 1. The number of amides is 1. The molecule has 0 spiro atoms. The number of hydrogen-bond acceptors (Lipinski definition) is 3. The van der Waals surface area contributed by atoms with E-state index in [-0.39, 0.29) is 18.0 Å². The number of benzene rings is 2. The van der Waals surface area contributed by atoms with Gasteiger partial charge in [-0.15, -0.1) is 0 Å². The SMILES string of the molecule is O=C(c1ccc2c(N3CCc4c(cc[nH]c4=O)C3)cccc2c1)N1CCCC(F)C1. The predicted molar refractivity (Wildman–Crippen MR) is 116 cm³/mol. The van der Waals surface area contributed by atoms with Crippen molar-refractivity contribution >= 4 is 22.4 Å². The Bertz CT molecular complexity index is 1170. The number of anilines is 1. The minimum absolute atomic E-state index is 0.00135. The van der Waals surface area contributed by atoms with Crippen molar-refractivity contribution in [3.8, 4) is 0 Å². The molecule has 1 saturated heterocycles. The summed E-state index contributed by atoms with van der Waals surface area (Å²) in [5.74, 6) is -0.101. The van der Waals surface area contributed by atoms with Crippen molar-refractivity contribution < 1.29 is 9.18 Å². The molecule has 30 heavy (non-hydrogen) atoms. The number of nitrogens with one attached hydrogen (secondary N) is 1. The minimum atomic E-state index is -0.927. The van der Waals surface area contributed by atoms with Crippen LogP contribution in [0.2, 0.25) is 0 Å². The van der Waals surface area contributed by atoms with E-state index in [2.05, 4.69) is 16.0 Å². The largest absolute Gasteiger partial charge is 0.366 e. The molecule has 5 nitrogen and oxygen atoms in total. The van der Waals surface area contributed by atoms with Gasteiger partial charge in [0.2, 0.25) is 0 Å². The number of carbonyl (C=O) groups excluding carboxylic acids is 1. The van der Waals surface area contributed by atoms with Crippen LogP contribution in [0.1, 0.15) is 34.3 Å². The summed E-state index contributed by atoms with van der Waals surface area (Å²) in [4.78, 5) is 31.6. The Morgan fingerprint density at radius 3 is 2.90 bits per heavy atom. The zero-order valence-electron chi connectivity index (χ0n) is 16.7. The van der Waals surface area contributed by atoms with Gasteiger partial charge in [0.05, 0.1) is 6.54 Å². The zero-order chi connectivity index (χ0) is 20.7. The van der Waals surface area contributed by atoms with E-state index in [0.29, 0.717) is 37.9 Å². The lowest BCUT2D eigenvalue weighted by Crippen LogP contribution is -2.40. The number of likely N-dealkylation sites (tertiary alicyclic amines) is 1. The third kappa shape index (κ3) is 3.36. The molecule has 5 rings (SSSR count). The van der Waals surface area contributed by atoms with Gasteiger partial charge >= 0.3 is 0 Å². The summed E-state index contributed by atoms with van der Waals surface area (Å²) < 4.78 is 13.7. The van der Waals surface area contributed by atoms with Gasteiger partial charge in [-0.3, -0.25) is 9.59 Å². The smallest absolute Gasteiger partial charge is 0.253 e. The lowest BCUT2D eigenvalue weighted by atomic mass is 9.99. The first-order chi connectivity index (χ1) is 14.6. The quantitative estimate of drug-likeness (QED) is 0.708. The molecule has 1 unspecified atom stereocenters. The molecule has 2 aliphatic heterocycles. The molecule has 2 aromatic carbocycles. The second kappa shape index (κ2) is 7.59. The number of carbonyl (C=O) groups is 1. The molecule has 1 atom stereocenters. The van der Waals surface area contributed by atoms with Gasteiger partial charge in [0.15, 0.2) is 0 Å². The van der Waals surface area contributed by atoms with Crippen LogP contribution in [-0.4, -0.2) is 41.6 Å². The van der Waals surface area contributed by atoms with E-state index in [1.807, 2.05) is 36.4 Å². The molecule has 2 aliphatic rings. The lowest BCUT2D eigenvalue weighted by molar-refractivity contribution is 0.0636.